The van der Waals surface area contributed by atoms with Gasteiger partial charge in [-0.05, 0) is 37.0 Å². The molecule has 0 aromatic rings. The van der Waals surface area contributed by atoms with Crippen LogP contribution in [0.2, 0.25) is 0 Å². The van der Waals surface area contributed by atoms with Crippen LogP contribution in [0.4, 0.5) is 0 Å². The summed E-state index contributed by atoms with van der Waals surface area (Å²) in [5.74, 6) is 1.11. The third kappa shape index (κ3) is 0.889. The maximum Gasteiger partial charge on any atom is -0.0292 e. The zero-order chi connectivity index (χ0) is 7.03. The smallest absolute Gasteiger partial charge is 0.0292 e. The van der Waals surface area contributed by atoms with Gasteiger partial charge < -0.3 is 0 Å². The van der Waals surface area contributed by atoms with Gasteiger partial charge in [-0.3, -0.25) is 0 Å². The number of hydrogen-bond acceptors (Lipinski definition) is 0. The van der Waals surface area contributed by atoms with Gasteiger partial charge in [0.15, 0.2) is 0 Å². The highest BCUT2D eigenvalue weighted by Crippen LogP contribution is 2.56. The van der Waals surface area contributed by atoms with Gasteiger partial charge in [-0.15, -0.1) is 0 Å². The lowest BCUT2D eigenvalue weighted by molar-refractivity contribution is 0.0598. The summed E-state index contributed by atoms with van der Waals surface area (Å²) in [5, 5.41) is 0. The first-order valence-corrected chi connectivity index (χ1v) is 4.85. The van der Waals surface area contributed by atoms with Crippen molar-refractivity contribution in [3.05, 3.63) is 0 Å². The van der Waals surface area contributed by atoms with Crippen molar-refractivity contribution in [1.29, 1.82) is 0 Å². The fourth-order valence-electron chi connectivity index (χ4n) is 2.99. The minimum Gasteiger partial charge on any atom is -0.0651 e. The van der Waals surface area contributed by atoms with Crippen LogP contribution in [0.15, 0.2) is 0 Å². The Morgan fingerprint density at radius 2 is 1.80 bits per heavy atom. The minimum absolute atomic E-state index is 0.890. The standard InChI is InChI=1S/C10H18/c1-2-9-7-10(8-9)5-3-4-6-10/h9H,2-8H2,1H3. The van der Waals surface area contributed by atoms with E-state index in [4.69, 9.17) is 0 Å². The monoisotopic (exact) mass is 138 g/mol. The molecule has 0 aromatic heterocycles. The molecule has 10 heavy (non-hydrogen) atoms. The van der Waals surface area contributed by atoms with Crippen LogP contribution in [-0.4, -0.2) is 0 Å². The van der Waals surface area contributed by atoms with Crippen molar-refractivity contribution in [1.82, 2.24) is 0 Å². The Balaban J connectivity index is 1.86. The van der Waals surface area contributed by atoms with Crippen LogP contribution in [0, 0.1) is 11.3 Å². The summed E-state index contributed by atoms with van der Waals surface area (Å²) >= 11 is 0. The van der Waals surface area contributed by atoms with Crippen molar-refractivity contribution < 1.29 is 0 Å². The highest BCUT2D eigenvalue weighted by molar-refractivity contribution is 4.95. The highest BCUT2D eigenvalue weighted by Gasteiger charge is 2.44. The van der Waals surface area contributed by atoms with Crippen LogP contribution >= 0.6 is 0 Å². The van der Waals surface area contributed by atoms with Crippen LogP contribution in [0.25, 0.3) is 0 Å². The van der Waals surface area contributed by atoms with Gasteiger partial charge in [-0.1, -0.05) is 26.2 Å². The van der Waals surface area contributed by atoms with E-state index >= 15 is 0 Å². The number of hydrogen-bond donors (Lipinski definition) is 0. The quantitative estimate of drug-likeness (QED) is 0.521. The van der Waals surface area contributed by atoms with Gasteiger partial charge in [0.2, 0.25) is 0 Å². The van der Waals surface area contributed by atoms with Crippen LogP contribution in [0.5, 0.6) is 0 Å². The highest BCUT2D eigenvalue weighted by atomic mass is 14.5. The summed E-state index contributed by atoms with van der Waals surface area (Å²) in [6, 6.07) is 0. The zero-order valence-corrected chi connectivity index (χ0v) is 7.03. The average molecular weight is 138 g/mol. The second-order valence-electron chi connectivity index (χ2n) is 4.39. The maximum atomic E-state index is 2.34. The van der Waals surface area contributed by atoms with Gasteiger partial charge in [0.25, 0.3) is 0 Å². The van der Waals surface area contributed by atoms with E-state index in [-0.39, 0.29) is 0 Å². The molecule has 0 N–H and O–H groups in total. The Bertz CT molecular complexity index is 112. The van der Waals surface area contributed by atoms with Crippen molar-refractivity contribution >= 4 is 0 Å². The summed E-state index contributed by atoms with van der Waals surface area (Å²) in [5.41, 5.74) is 0.890. The molecule has 0 aromatic carbocycles. The molecule has 2 rings (SSSR count). The second kappa shape index (κ2) is 2.25. The van der Waals surface area contributed by atoms with Crippen molar-refractivity contribution in [3.63, 3.8) is 0 Å². The molecule has 0 amide bonds. The largest absolute Gasteiger partial charge is 0.0651 e. The summed E-state index contributed by atoms with van der Waals surface area (Å²) < 4.78 is 0. The molecule has 0 heterocycles. The predicted molar refractivity (Wildman–Crippen MR) is 43.9 cm³/mol. The van der Waals surface area contributed by atoms with Gasteiger partial charge in [-0.2, -0.15) is 0 Å². The molecule has 58 valence electrons. The lowest BCUT2D eigenvalue weighted by Gasteiger charge is -2.45. The Hall–Kier alpha value is 0. The second-order valence-corrected chi connectivity index (χ2v) is 4.39. The molecule has 2 aliphatic rings. The molecular weight excluding hydrogens is 120 g/mol. The third-order valence-electron chi connectivity index (χ3n) is 3.68. The third-order valence-corrected chi connectivity index (χ3v) is 3.68. The molecule has 2 aliphatic carbocycles. The van der Waals surface area contributed by atoms with E-state index in [9.17, 15) is 0 Å². The molecule has 0 aliphatic heterocycles. The molecule has 0 atom stereocenters. The molecule has 0 unspecified atom stereocenters. The van der Waals surface area contributed by atoms with Crippen LogP contribution in [0.1, 0.15) is 51.9 Å². The molecule has 0 radical (unpaired) electrons. The summed E-state index contributed by atoms with van der Waals surface area (Å²) in [6.45, 7) is 2.34. The van der Waals surface area contributed by atoms with Gasteiger partial charge in [0, 0.05) is 0 Å². The number of rotatable bonds is 1. The van der Waals surface area contributed by atoms with Gasteiger partial charge in [0.1, 0.15) is 0 Å². The fourth-order valence-corrected chi connectivity index (χ4v) is 2.99. The van der Waals surface area contributed by atoms with Crippen LogP contribution in [-0.2, 0) is 0 Å². The lowest BCUT2D eigenvalue weighted by Crippen LogP contribution is -2.34. The fraction of sp³-hybridized carbons (Fsp3) is 1.00. The molecule has 0 bridgehead atoms. The Morgan fingerprint density at radius 3 is 2.30 bits per heavy atom. The molecule has 2 fully saturated rings. The lowest BCUT2D eigenvalue weighted by atomic mass is 9.60. The van der Waals surface area contributed by atoms with E-state index in [1.807, 2.05) is 0 Å². The van der Waals surface area contributed by atoms with Crippen molar-refractivity contribution in [2.75, 3.05) is 0 Å². The first kappa shape index (κ1) is 6.69. The maximum absolute atomic E-state index is 2.34. The Morgan fingerprint density at radius 1 is 1.20 bits per heavy atom. The Kier molecular flexibility index (Phi) is 1.51. The van der Waals surface area contributed by atoms with E-state index < -0.39 is 0 Å². The molecule has 2 saturated carbocycles. The Labute approximate surface area is 64.0 Å². The van der Waals surface area contributed by atoms with Gasteiger partial charge in [-0.25, -0.2) is 0 Å². The summed E-state index contributed by atoms with van der Waals surface area (Å²) in [7, 11) is 0. The molecule has 0 saturated heterocycles. The van der Waals surface area contributed by atoms with Crippen molar-refractivity contribution in [2.45, 2.75) is 51.9 Å². The molecular formula is C10H18. The normalized spacial score (nSPS) is 30.9. The SMILES string of the molecule is CCC1CC2(CCCC2)C1. The van der Waals surface area contributed by atoms with Crippen molar-refractivity contribution in [2.24, 2.45) is 11.3 Å². The van der Waals surface area contributed by atoms with Crippen LogP contribution < -0.4 is 0 Å². The first-order chi connectivity index (χ1) is 4.85. The van der Waals surface area contributed by atoms with E-state index in [1.54, 1.807) is 25.7 Å². The van der Waals surface area contributed by atoms with E-state index in [1.165, 1.54) is 19.3 Å². The summed E-state index contributed by atoms with van der Waals surface area (Å²) in [6.07, 6.45) is 10.7. The van der Waals surface area contributed by atoms with E-state index in [2.05, 4.69) is 6.92 Å². The van der Waals surface area contributed by atoms with E-state index in [0.717, 1.165) is 11.3 Å². The molecule has 0 nitrogen and oxygen atoms in total. The van der Waals surface area contributed by atoms with Gasteiger partial charge in [0.05, 0.1) is 0 Å². The minimum atomic E-state index is 0.890. The zero-order valence-electron chi connectivity index (χ0n) is 7.03. The summed E-state index contributed by atoms with van der Waals surface area (Å²) in [4.78, 5) is 0. The topological polar surface area (TPSA) is 0 Å². The van der Waals surface area contributed by atoms with Crippen LogP contribution in [0.3, 0.4) is 0 Å². The first-order valence-electron chi connectivity index (χ1n) is 4.85. The van der Waals surface area contributed by atoms with Crippen molar-refractivity contribution in [3.8, 4) is 0 Å². The predicted octanol–water partition coefficient (Wildman–Crippen LogP) is 3.37. The molecule has 1 spiro atoms. The van der Waals surface area contributed by atoms with E-state index in [0.29, 0.717) is 0 Å². The average Bonchev–Trinajstić information content (AvgIpc) is 2.30. The molecule has 0 heteroatoms. The van der Waals surface area contributed by atoms with Gasteiger partial charge >= 0.3 is 0 Å².